The number of hydrogen-bond acceptors (Lipinski definition) is 3. The molecule has 2 unspecified atom stereocenters. The standard InChI is InChI=1S/C11H23N5/c1-9-6-15(7-10(2)13-9)8-16-5-4-14(3)11(16)12/h9-10,12-13H,4-8H2,1-3H3. The molecule has 16 heavy (non-hydrogen) atoms. The molecule has 2 aliphatic heterocycles. The first-order valence-corrected chi connectivity index (χ1v) is 6.09. The molecule has 2 saturated heterocycles. The van der Waals surface area contributed by atoms with E-state index in [9.17, 15) is 0 Å². The van der Waals surface area contributed by atoms with Crippen LogP contribution < -0.4 is 5.32 Å². The van der Waals surface area contributed by atoms with Crippen LogP contribution >= 0.6 is 0 Å². The summed E-state index contributed by atoms with van der Waals surface area (Å²) >= 11 is 0. The van der Waals surface area contributed by atoms with Crippen LogP contribution in [0.25, 0.3) is 0 Å². The van der Waals surface area contributed by atoms with Crippen LogP contribution in [0.3, 0.4) is 0 Å². The summed E-state index contributed by atoms with van der Waals surface area (Å²) in [5, 5.41) is 11.5. The lowest BCUT2D eigenvalue weighted by Gasteiger charge is -2.38. The molecule has 2 heterocycles. The Kier molecular flexibility index (Phi) is 3.35. The Labute approximate surface area is 97.9 Å². The number of hydrogen-bond donors (Lipinski definition) is 2. The summed E-state index contributed by atoms with van der Waals surface area (Å²) in [5.74, 6) is 0.666. The summed E-state index contributed by atoms with van der Waals surface area (Å²) < 4.78 is 0. The molecule has 0 spiro atoms. The van der Waals surface area contributed by atoms with Crippen molar-refractivity contribution in [2.45, 2.75) is 25.9 Å². The minimum absolute atomic E-state index is 0.554. The van der Waals surface area contributed by atoms with E-state index < -0.39 is 0 Å². The highest BCUT2D eigenvalue weighted by molar-refractivity contribution is 5.78. The molecule has 2 rings (SSSR count). The van der Waals surface area contributed by atoms with Crippen LogP contribution in [0.2, 0.25) is 0 Å². The second-order valence-electron chi connectivity index (χ2n) is 5.15. The fraction of sp³-hybridized carbons (Fsp3) is 0.909. The summed E-state index contributed by atoms with van der Waals surface area (Å²) in [5.41, 5.74) is 0. The normalized spacial score (nSPS) is 32.6. The summed E-state index contributed by atoms with van der Waals surface area (Å²) in [6.45, 7) is 9.49. The van der Waals surface area contributed by atoms with E-state index in [1.807, 2.05) is 11.9 Å². The SMILES string of the molecule is CC1CN(CN2CCN(C)C2=N)CC(C)N1. The third-order valence-electron chi connectivity index (χ3n) is 3.37. The van der Waals surface area contributed by atoms with Gasteiger partial charge < -0.3 is 15.1 Å². The Morgan fingerprint density at radius 1 is 1.25 bits per heavy atom. The van der Waals surface area contributed by atoms with Crippen molar-refractivity contribution in [3.63, 3.8) is 0 Å². The molecular formula is C11H23N5. The first-order valence-electron chi connectivity index (χ1n) is 6.09. The van der Waals surface area contributed by atoms with Gasteiger partial charge in [-0.1, -0.05) is 0 Å². The Bertz CT molecular complexity index is 257. The lowest BCUT2D eigenvalue weighted by molar-refractivity contribution is 0.128. The van der Waals surface area contributed by atoms with Crippen LogP contribution in [-0.4, -0.2) is 72.6 Å². The Balaban J connectivity index is 1.87. The van der Waals surface area contributed by atoms with Gasteiger partial charge in [0, 0.05) is 45.3 Å². The third-order valence-corrected chi connectivity index (χ3v) is 3.37. The quantitative estimate of drug-likeness (QED) is 0.684. The molecule has 92 valence electrons. The maximum Gasteiger partial charge on any atom is 0.194 e. The van der Waals surface area contributed by atoms with Crippen molar-refractivity contribution in [3.8, 4) is 0 Å². The average molecular weight is 225 g/mol. The smallest absolute Gasteiger partial charge is 0.194 e. The molecule has 0 aliphatic carbocycles. The first kappa shape index (κ1) is 11.7. The largest absolute Gasteiger partial charge is 0.344 e. The highest BCUT2D eigenvalue weighted by Gasteiger charge is 2.27. The second-order valence-corrected chi connectivity index (χ2v) is 5.15. The molecule has 5 heteroatoms. The highest BCUT2D eigenvalue weighted by atomic mass is 15.5. The van der Waals surface area contributed by atoms with E-state index in [-0.39, 0.29) is 0 Å². The monoisotopic (exact) mass is 225 g/mol. The number of guanidine groups is 1. The lowest BCUT2D eigenvalue weighted by atomic mass is 10.1. The molecule has 2 N–H and O–H groups in total. The summed E-state index contributed by atoms with van der Waals surface area (Å²) in [6.07, 6.45) is 0. The molecule has 0 aromatic heterocycles. The van der Waals surface area contributed by atoms with Crippen LogP contribution in [0.1, 0.15) is 13.8 Å². The van der Waals surface area contributed by atoms with Gasteiger partial charge in [-0.3, -0.25) is 10.3 Å². The van der Waals surface area contributed by atoms with Crippen molar-refractivity contribution in [2.24, 2.45) is 0 Å². The Hall–Kier alpha value is -0.810. The number of piperazine rings is 1. The number of nitrogens with one attached hydrogen (secondary N) is 2. The van der Waals surface area contributed by atoms with Crippen LogP contribution in [0.5, 0.6) is 0 Å². The van der Waals surface area contributed by atoms with Crippen molar-refractivity contribution < 1.29 is 0 Å². The van der Waals surface area contributed by atoms with Crippen molar-refractivity contribution in [1.29, 1.82) is 5.41 Å². The third kappa shape index (κ3) is 2.47. The van der Waals surface area contributed by atoms with Gasteiger partial charge in [-0.15, -0.1) is 0 Å². The van der Waals surface area contributed by atoms with Gasteiger partial charge in [-0.05, 0) is 13.8 Å². The molecule has 0 saturated carbocycles. The molecular weight excluding hydrogens is 202 g/mol. The van der Waals surface area contributed by atoms with E-state index in [2.05, 4.69) is 29.0 Å². The van der Waals surface area contributed by atoms with Crippen LogP contribution in [-0.2, 0) is 0 Å². The molecule has 2 aliphatic rings. The molecule has 5 nitrogen and oxygen atoms in total. The topological polar surface area (TPSA) is 45.6 Å². The molecule has 0 aromatic carbocycles. The Morgan fingerprint density at radius 2 is 1.88 bits per heavy atom. The zero-order valence-electron chi connectivity index (χ0n) is 10.5. The molecule has 2 atom stereocenters. The van der Waals surface area contributed by atoms with Gasteiger partial charge in [0.15, 0.2) is 5.96 Å². The molecule has 2 fully saturated rings. The second kappa shape index (κ2) is 4.59. The average Bonchev–Trinajstić information content (AvgIpc) is 2.48. The minimum Gasteiger partial charge on any atom is -0.344 e. The van der Waals surface area contributed by atoms with Crippen molar-refractivity contribution in [3.05, 3.63) is 0 Å². The fourth-order valence-corrected chi connectivity index (χ4v) is 2.66. The molecule has 0 radical (unpaired) electrons. The van der Waals surface area contributed by atoms with Crippen molar-refractivity contribution in [1.82, 2.24) is 20.0 Å². The van der Waals surface area contributed by atoms with Crippen LogP contribution in [0.15, 0.2) is 0 Å². The summed E-state index contributed by atoms with van der Waals surface area (Å²) in [6, 6.07) is 1.11. The van der Waals surface area contributed by atoms with E-state index in [4.69, 9.17) is 5.41 Å². The van der Waals surface area contributed by atoms with E-state index in [1.54, 1.807) is 0 Å². The number of likely N-dealkylation sites (N-methyl/N-ethyl adjacent to an activating group) is 1. The lowest BCUT2D eigenvalue weighted by Crippen LogP contribution is -2.56. The van der Waals surface area contributed by atoms with Crippen molar-refractivity contribution >= 4 is 5.96 Å². The Morgan fingerprint density at radius 3 is 2.38 bits per heavy atom. The van der Waals surface area contributed by atoms with Gasteiger partial charge in [-0.25, -0.2) is 0 Å². The molecule has 0 bridgehead atoms. The first-order chi connectivity index (χ1) is 7.56. The minimum atomic E-state index is 0.554. The van der Waals surface area contributed by atoms with Crippen LogP contribution in [0, 0.1) is 5.41 Å². The van der Waals surface area contributed by atoms with E-state index in [1.165, 1.54) is 0 Å². The van der Waals surface area contributed by atoms with E-state index in [0.717, 1.165) is 32.8 Å². The van der Waals surface area contributed by atoms with Crippen LogP contribution in [0.4, 0.5) is 0 Å². The van der Waals surface area contributed by atoms with Gasteiger partial charge in [0.2, 0.25) is 0 Å². The van der Waals surface area contributed by atoms with E-state index in [0.29, 0.717) is 18.0 Å². The zero-order valence-corrected chi connectivity index (χ0v) is 10.5. The maximum absolute atomic E-state index is 7.94. The summed E-state index contributed by atoms with van der Waals surface area (Å²) in [7, 11) is 1.99. The predicted octanol–water partition coefficient (Wildman–Crippen LogP) is -0.192. The molecule has 0 amide bonds. The van der Waals surface area contributed by atoms with Gasteiger partial charge in [0.1, 0.15) is 0 Å². The number of nitrogens with zero attached hydrogens (tertiary/aromatic N) is 3. The highest BCUT2D eigenvalue weighted by Crippen LogP contribution is 2.09. The fourth-order valence-electron chi connectivity index (χ4n) is 2.66. The maximum atomic E-state index is 7.94. The van der Waals surface area contributed by atoms with Gasteiger partial charge in [-0.2, -0.15) is 0 Å². The summed E-state index contributed by atoms with van der Waals surface area (Å²) in [4.78, 5) is 6.61. The molecule has 0 aromatic rings. The van der Waals surface area contributed by atoms with Gasteiger partial charge >= 0.3 is 0 Å². The predicted molar refractivity (Wildman–Crippen MR) is 65.6 cm³/mol. The van der Waals surface area contributed by atoms with Crippen molar-refractivity contribution in [2.75, 3.05) is 39.9 Å². The van der Waals surface area contributed by atoms with E-state index >= 15 is 0 Å². The number of rotatable bonds is 2. The zero-order chi connectivity index (χ0) is 11.7. The van der Waals surface area contributed by atoms with Gasteiger partial charge in [0.25, 0.3) is 0 Å². The van der Waals surface area contributed by atoms with Gasteiger partial charge in [0.05, 0.1) is 6.67 Å².